The molecule has 0 spiro atoms. The quantitative estimate of drug-likeness (QED) is 0.805. The van der Waals surface area contributed by atoms with Gasteiger partial charge in [0.2, 0.25) is 11.8 Å². The maximum atomic E-state index is 13.5. The molecule has 0 aromatic heterocycles. The Hall–Kier alpha value is -2.73. The van der Waals surface area contributed by atoms with Crippen molar-refractivity contribution in [3.8, 4) is 11.1 Å². The number of amides is 2. The predicted octanol–water partition coefficient (Wildman–Crippen LogP) is 2.69. The largest absolute Gasteiger partial charge is 0.394 e. The van der Waals surface area contributed by atoms with E-state index in [-0.39, 0.29) is 42.2 Å². The Morgan fingerprint density at radius 3 is 2.39 bits per heavy atom. The van der Waals surface area contributed by atoms with E-state index < -0.39 is 0 Å². The Kier molecular flexibility index (Phi) is 6.09. The van der Waals surface area contributed by atoms with E-state index in [0.29, 0.717) is 13.0 Å². The van der Waals surface area contributed by atoms with Crippen molar-refractivity contribution in [1.29, 1.82) is 0 Å². The average molecular weight is 384 g/mol. The van der Waals surface area contributed by atoms with Crippen molar-refractivity contribution >= 4 is 11.8 Å². The summed E-state index contributed by atoms with van der Waals surface area (Å²) >= 11 is 0. The lowest BCUT2D eigenvalue weighted by molar-refractivity contribution is -0.150. The molecule has 0 unspecified atom stereocenters. The number of aliphatic hydroxyl groups excluding tert-OH is 1. The first-order valence-corrected chi connectivity index (χ1v) is 9.48. The standard InChI is InChI=1S/C22H25FN2O3/c1-3-21(28)25-19(12-24-14(2)27)22(20(25)13-26)16-9-7-15(8-10-16)17-5-4-6-18(23)11-17/h4-11,19-20,22,26H,3,12-13H2,1-2H3,(H,24,27)/t19-,20-,22-/m0/s1. The Morgan fingerprint density at radius 2 is 1.82 bits per heavy atom. The molecule has 1 fully saturated rings. The molecular formula is C22H25FN2O3. The summed E-state index contributed by atoms with van der Waals surface area (Å²) in [6.45, 7) is 3.43. The van der Waals surface area contributed by atoms with Crippen molar-refractivity contribution in [2.75, 3.05) is 13.2 Å². The Balaban J connectivity index is 1.86. The minimum Gasteiger partial charge on any atom is -0.394 e. The fourth-order valence-corrected chi connectivity index (χ4v) is 3.98. The predicted molar refractivity (Wildman–Crippen MR) is 105 cm³/mol. The highest BCUT2D eigenvalue weighted by Gasteiger charge is 2.50. The van der Waals surface area contributed by atoms with Crippen LogP contribution in [-0.4, -0.2) is 47.1 Å². The number of nitrogens with one attached hydrogen (secondary N) is 1. The third-order valence-corrected chi connectivity index (χ3v) is 5.33. The van der Waals surface area contributed by atoms with Gasteiger partial charge < -0.3 is 15.3 Å². The fourth-order valence-electron chi connectivity index (χ4n) is 3.98. The van der Waals surface area contributed by atoms with Crippen LogP contribution in [0.5, 0.6) is 0 Å². The molecule has 6 heteroatoms. The van der Waals surface area contributed by atoms with Gasteiger partial charge in [-0.3, -0.25) is 9.59 Å². The summed E-state index contributed by atoms with van der Waals surface area (Å²) in [5.74, 6) is -0.558. The zero-order valence-corrected chi connectivity index (χ0v) is 16.1. The molecule has 2 N–H and O–H groups in total. The van der Waals surface area contributed by atoms with Gasteiger partial charge in [0.25, 0.3) is 0 Å². The van der Waals surface area contributed by atoms with Gasteiger partial charge in [-0.2, -0.15) is 0 Å². The van der Waals surface area contributed by atoms with Gasteiger partial charge in [0.05, 0.1) is 18.7 Å². The van der Waals surface area contributed by atoms with E-state index in [0.717, 1.165) is 16.7 Å². The van der Waals surface area contributed by atoms with E-state index in [4.69, 9.17) is 0 Å². The first-order valence-electron chi connectivity index (χ1n) is 9.48. The molecule has 1 heterocycles. The molecule has 1 aliphatic rings. The van der Waals surface area contributed by atoms with Gasteiger partial charge in [0.15, 0.2) is 0 Å². The number of likely N-dealkylation sites (tertiary alicyclic amines) is 1. The summed E-state index contributed by atoms with van der Waals surface area (Å²) < 4.78 is 13.5. The molecule has 0 saturated carbocycles. The number of rotatable bonds is 6. The molecule has 3 atom stereocenters. The highest BCUT2D eigenvalue weighted by Crippen LogP contribution is 2.41. The first kappa shape index (κ1) is 20.0. The third kappa shape index (κ3) is 3.92. The number of carbonyl (C=O) groups is 2. The lowest BCUT2D eigenvalue weighted by Crippen LogP contribution is -2.68. The molecule has 2 aromatic rings. The molecule has 0 aliphatic carbocycles. The molecule has 2 aromatic carbocycles. The lowest BCUT2D eigenvalue weighted by Gasteiger charge is -2.55. The summed E-state index contributed by atoms with van der Waals surface area (Å²) in [6, 6.07) is 13.6. The second-order valence-electron chi connectivity index (χ2n) is 7.07. The van der Waals surface area contributed by atoms with Gasteiger partial charge in [0.1, 0.15) is 5.82 Å². The Morgan fingerprint density at radius 1 is 1.11 bits per heavy atom. The fraction of sp³-hybridized carbons (Fsp3) is 0.364. The number of nitrogens with zero attached hydrogens (tertiary/aromatic N) is 1. The van der Waals surface area contributed by atoms with Crippen LogP contribution in [0.25, 0.3) is 11.1 Å². The van der Waals surface area contributed by atoms with Gasteiger partial charge in [-0.1, -0.05) is 43.3 Å². The van der Waals surface area contributed by atoms with Gasteiger partial charge in [-0.25, -0.2) is 4.39 Å². The number of benzene rings is 2. The van der Waals surface area contributed by atoms with Crippen LogP contribution in [0.3, 0.4) is 0 Å². The second-order valence-corrected chi connectivity index (χ2v) is 7.07. The molecule has 148 valence electrons. The van der Waals surface area contributed by atoms with E-state index in [1.807, 2.05) is 30.3 Å². The molecule has 0 radical (unpaired) electrons. The number of halogens is 1. The normalized spacial score (nSPS) is 21.1. The molecule has 1 saturated heterocycles. The van der Waals surface area contributed by atoms with E-state index in [1.165, 1.54) is 19.1 Å². The van der Waals surface area contributed by atoms with E-state index in [1.54, 1.807) is 17.9 Å². The van der Waals surface area contributed by atoms with Crippen molar-refractivity contribution in [3.05, 3.63) is 59.9 Å². The van der Waals surface area contributed by atoms with Crippen LogP contribution >= 0.6 is 0 Å². The smallest absolute Gasteiger partial charge is 0.222 e. The Labute approximate surface area is 164 Å². The van der Waals surface area contributed by atoms with Gasteiger partial charge in [-0.05, 0) is 28.8 Å². The number of hydrogen-bond acceptors (Lipinski definition) is 3. The van der Waals surface area contributed by atoms with Gasteiger partial charge >= 0.3 is 0 Å². The number of aliphatic hydroxyl groups is 1. The van der Waals surface area contributed by atoms with Crippen LogP contribution in [0.4, 0.5) is 4.39 Å². The lowest BCUT2D eigenvalue weighted by atomic mass is 9.74. The summed E-state index contributed by atoms with van der Waals surface area (Å²) in [5.41, 5.74) is 2.66. The monoisotopic (exact) mass is 384 g/mol. The van der Waals surface area contributed by atoms with Crippen LogP contribution in [0.2, 0.25) is 0 Å². The molecule has 28 heavy (non-hydrogen) atoms. The topological polar surface area (TPSA) is 69.6 Å². The molecule has 1 aliphatic heterocycles. The summed E-state index contributed by atoms with van der Waals surface area (Å²) in [7, 11) is 0. The molecule has 5 nitrogen and oxygen atoms in total. The highest BCUT2D eigenvalue weighted by atomic mass is 19.1. The maximum absolute atomic E-state index is 13.5. The van der Waals surface area contributed by atoms with Crippen LogP contribution in [0, 0.1) is 5.82 Å². The van der Waals surface area contributed by atoms with Gasteiger partial charge in [-0.15, -0.1) is 0 Å². The SMILES string of the molecule is CCC(=O)N1[C@@H](CO)[C@@H](c2ccc(-c3cccc(F)c3)cc2)[C@@H]1CNC(C)=O. The van der Waals surface area contributed by atoms with Crippen LogP contribution in [-0.2, 0) is 9.59 Å². The molecular weight excluding hydrogens is 359 g/mol. The van der Waals surface area contributed by atoms with Crippen molar-refractivity contribution in [1.82, 2.24) is 10.2 Å². The third-order valence-electron chi connectivity index (χ3n) is 5.33. The minimum atomic E-state index is -0.314. The zero-order valence-electron chi connectivity index (χ0n) is 16.1. The van der Waals surface area contributed by atoms with E-state index >= 15 is 0 Å². The van der Waals surface area contributed by atoms with Gasteiger partial charge in [0, 0.05) is 25.8 Å². The second kappa shape index (κ2) is 8.52. The highest BCUT2D eigenvalue weighted by molar-refractivity contribution is 5.79. The van der Waals surface area contributed by atoms with Crippen LogP contribution in [0.1, 0.15) is 31.7 Å². The van der Waals surface area contributed by atoms with E-state index in [9.17, 15) is 19.1 Å². The minimum absolute atomic E-state index is 0.0398. The summed E-state index contributed by atoms with van der Waals surface area (Å²) in [6.07, 6.45) is 0.346. The van der Waals surface area contributed by atoms with Crippen molar-refractivity contribution < 1.29 is 19.1 Å². The summed E-state index contributed by atoms with van der Waals surface area (Å²) in [4.78, 5) is 25.4. The summed E-state index contributed by atoms with van der Waals surface area (Å²) in [5, 5.41) is 12.7. The molecule has 0 bridgehead atoms. The molecule has 3 rings (SSSR count). The maximum Gasteiger partial charge on any atom is 0.222 e. The van der Waals surface area contributed by atoms with E-state index in [2.05, 4.69) is 5.32 Å². The Bertz CT molecular complexity index is 853. The molecule has 2 amide bonds. The van der Waals surface area contributed by atoms with Crippen molar-refractivity contribution in [2.24, 2.45) is 0 Å². The van der Waals surface area contributed by atoms with Crippen molar-refractivity contribution in [2.45, 2.75) is 38.3 Å². The van der Waals surface area contributed by atoms with Crippen molar-refractivity contribution in [3.63, 3.8) is 0 Å². The van der Waals surface area contributed by atoms with Crippen LogP contribution in [0.15, 0.2) is 48.5 Å². The number of carbonyl (C=O) groups excluding carboxylic acids is 2. The zero-order chi connectivity index (χ0) is 20.3. The first-order chi connectivity index (χ1) is 13.5. The van der Waals surface area contributed by atoms with Crippen LogP contribution < -0.4 is 5.32 Å². The average Bonchev–Trinajstić information content (AvgIpc) is 2.67. The number of hydrogen-bond donors (Lipinski definition) is 2.